The third-order valence-electron chi connectivity index (χ3n) is 6.68. The van der Waals surface area contributed by atoms with Gasteiger partial charge in [-0.3, -0.25) is 9.59 Å². The molecule has 2 unspecified atom stereocenters. The van der Waals surface area contributed by atoms with Crippen molar-refractivity contribution in [2.75, 3.05) is 6.54 Å². The minimum absolute atomic E-state index is 0.0579. The molecular weight excluding hydrogens is 562 g/mol. The molecule has 2 amide bonds. The van der Waals surface area contributed by atoms with Crippen molar-refractivity contribution in [3.63, 3.8) is 0 Å². The van der Waals surface area contributed by atoms with Crippen molar-refractivity contribution in [2.24, 2.45) is 5.16 Å². The second kappa shape index (κ2) is 9.38. The zero-order valence-corrected chi connectivity index (χ0v) is 21.6. The van der Waals surface area contributed by atoms with E-state index in [1.807, 2.05) is 0 Å². The summed E-state index contributed by atoms with van der Waals surface area (Å²) < 4.78 is 43.4. The number of nitrogens with zero attached hydrogens (tertiary/aromatic N) is 1. The number of alkyl halides is 3. The van der Waals surface area contributed by atoms with Gasteiger partial charge in [0.25, 0.3) is 11.5 Å². The second-order valence-electron chi connectivity index (χ2n) is 8.91. The molecule has 13 heteroatoms. The third kappa shape index (κ3) is 4.25. The molecule has 1 fully saturated rings. The maximum absolute atomic E-state index is 14.5. The predicted molar refractivity (Wildman–Crippen MR) is 131 cm³/mol. The van der Waals surface area contributed by atoms with Gasteiger partial charge in [0.2, 0.25) is 5.91 Å². The number of oxime groups is 1. The van der Waals surface area contributed by atoms with E-state index in [0.717, 1.165) is 47.4 Å². The van der Waals surface area contributed by atoms with E-state index in [-0.39, 0.29) is 32.3 Å². The number of hydrogen-bond donors (Lipinski definition) is 2. The second-order valence-corrected chi connectivity index (χ2v) is 11.1. The summed E-state index contributed by atoms with van der Waals surface area (Å²) in [4.78, 5) is 31.0. The quantitative estimate of drug-likeness (QED) is 0.450. The highest BCUT2D eigenvalue weighted by atomic mass is 35.5. The van der Waals surface area contributed by atoms with Crippen molar-refractivity contribution >= 4 is 63.7 Å². The van der Waals surface area contributed by atoms with Crippen LogP contribution < -0.4 is 10.6 Å². The molecular formula is C23H19Cl3F3N3O3S. The van der Waals surface area contributed by atoms with Crippen molar-refractivity contribution in [1.82, 2.24) is 10.6 Å². The third-order valence-corrected chi connectivity index (χ3v) is 9.20. The van der Waals surface area contributed by atoms with Crippen molar-refractivity contribution in [1.29, 1.82) is 0 Å². The summed E-state index contributed by atoms with van der Waals surface area (Å²) >= 11 is 19.1. The first-order valence-corrected chi connectivity index (χ1v) is 13.2. The van der Waals surface area contributed by atoms with E-state index in [9.17, 15) is 22.8 Å². The van der Waals surface area contributed by atoms with Gasteiger partial charge in [0, 0.05) is 12.1 Å². The first kappa shape index (κ1) is 25.6. The first-order chi connectivity index (χ1) is 17.0. The SMILES string of the molecule is O=C(NC1CCNC1=O)c1sc(C2=NOC(c3cc(Cl)c(Cl)c(Cl)c3)(C(F)(F)F)C2)c2c1CCCC2. The van der Waals surface area contributed by atoms with Gasteiger partial charge in [-0.25, -0.2) is 0 Å². The maximum atomic E-state index is 14.5. The van der Waals surface area contributed by atoms with Crippen LogP contribution in [-0.4, -0.2) is 36.3 Å². The summed E-state index contributed by atoms with van der Waals surface area (Å²) in [6, 6.07) is 1.53. The van der Waals surface area contributed by atoms with Crippen LogP contribution in [0.1, 0.15) is 56.9 Å². The molecule has 36 heavy (non-hydrogen) atoms. The standard InChI is InChI=1S/C23H19Cl3F3N3O3S/c24-13-7-10(8-14(25)17(13)26)22(23(27,28)29)9-16(32-35-22)18-11-3-1-2-4-12(11)19(36-18)21(34)31-15-5-6-30-20(15)33/h7-8,15H,1-6,9H2,(H,30,33)(H,31,34). The van der Waals surface area contributed by atoms with Crippen LogP contribution in [0.5, 0.6) is 0 Å². The Bertz CT molecular complexity index is 1270. The predicted octanol–water partition coefficient (Wildman–Crippen LogP) is 5.79. The van der Waals surface area contributed by atoms with E-state index in [0.29, 0.717) is 35.6 Å². The topological polar surface area (TPSA) is 79.8 Å². The highest BCUT2D eigenvalue weighted by Gasteiger charge is 2.63. The minimum Gasteiger partial charge on any atom is -0.374 e. The van der Waals surface area contributed by atoms with Crippen LogP contribution in [0.15, 0.2) is 17.3 Å². The highest BCUT2D eigenvalue weighted by Crippen LogP contribution is 2.51. The van der Waals surface area contributed by atoms with E-state index in [4.69, 9.17) is 39.6 Å². The van der Waals surface area contributed by atoms with Gasteiger partial charge in [-0.1, -0.05) is 40.0 Å². The number of nitrogens with one attached hydrogen (secondary N) is 2. The summed E-state index contributed by atoms with van der Waals surface area (Å²) in [6.45, 7) is 0.476. The van der Waals surface area contributed by atoms with E-state index in [1.165, 1.54) is 0 Å². The zero-order chi connectivity index (χ0) is 25.8. The van der Waals surface area contributed by atoms with Gasteiger partial charge in [0.05, 0.1) is 31.2 Å². The number of thiophene rings is 1. The van der Waals surface area contributed by atoms with Gasteiger partial charge in [-0.2, -0.15) is 13.2 Å². The Morgan fingerprint density at radius 1 is 1.17 bits per heavy atom. The first-order valence-electron chi connectivity index (χ1n) is 11.2. The molecule has 2 aromatic rings. The molecule has 1 aromatic carbocycles. The average molecular weight is 581 g/mol. The van der Waals surface area contributed by atoms with Gasteiger partial charge in [0.1, 0.15) is 11.8 Å². The molecule has 2 atom stereocenters. The Morgan fingerprint density at radius 3 is 2.44 bits per heavy atom. The van der Waals surface area contributed by atoms with Gasteiger partial charge < -0.3 is 15.5 Å². The van der Waals surface area contributed by atoms with Crippen molar-refractivity contribution in [3.05, 3.63) is 53.6 Å². The van der Waals surface area contributed by atoms with E-state index >= 15 is 0 Å². The molecule has 0 spiro atoms. The van der Waals surface area contributed by atoms with Gasteiger partial charge in [-0.15, -0.1) is 11.3 Å². The molecule has 5 rings (SSSR count). The number of carbonyl (C=O) groups is 2. The Hall–Kier alpha value is -2.01. The van der Waals surface area contributed by atoms with Crippen LogP contribution in [0.3, 0.4) is 0 Å². The van der Waals surface area contributed by atoms with E-state index in [2.05, 4.69) is 15.8 Å². The van der Waals surface area contributed by atoms with Crippen LogP contribution in [0.2, 0.25) is 15.1 Å². The number of amides is 2. The Labute approximate surface area is 223 Å². The number of hydrogen-bond acceptors (Lipinski definition) is 5. The molecule has 192 valence electrons. The number of halogens is 6. The maximum Gasteiger partial charge on any atom is 0.435 e. The fraction of sp³-hybridized carbons (Fsp3) is 0.435. The Morgan fingerprint density at radius 2 is 1.83 bits per heavy atom. The van der Waals surface area contributed by atoms with E-state index < -0.39 is 30.1 Å². The summed E-state index contributed by atoms with van der Waals surface area (Å²) in [5, 5.41) is 8.96. The van der Waals surface area contributed by atoms with Crippen LogP contribution >= 0.6 is 46.1 Å². The lowest BCUT2D eigenvalue weighted by molar-refractivity contribution is -0.275. The highest BCUT2D eigenvalue weighted by molar-refractivity contribution is 7.16. The molecule has 6 nitrogen and oxygen atoms in total. The Balaban J connectivity index is 1.51. The van der Waals surface area contributed by atoms with Crippen LogP contribution in [0, 0.1) is 0 Å². The van der Waals surface area contributed by atoms with Gasteiger partial charge in [0.15, 0.2) is 0 Å². The minimum atomic E-state index is -4.86. The smallest absolute Gasteiger partial charge is 0.374 e. The molecule has 3 aliphatic rings. The van der Waals surface area contributed by atoms with Crippen LogP contribution in [-0.2, 0) is 28.1 Å². The van der Waals surface area contributed by atoms with Crippen molar-refractivity contribution < 1.29 is 27.6 Å². The van der Waals surface area contributed by atoms with Crippen molar-refractivity contribution in [2.45, 2.75) is 56.3 Å². The summed E-state index contributed by atoms with van der Waals surface area (Å²) in [5.41, 5.74) is -1.43. The number of benzene rings is 1. The molecule has 0 saturated carbocycles. The van der Waals surface area contributed by atoms with Crippen LogP contribution in [0.25, 0.3) is 0 Å². The summed E-state index contributed by atoms with van der Waals surface area (Å²) in [7, 11) is 0. The lowest BCUT2D eigenvalue weighted by Crippen LogP contribution is -2.42. The number of rotatable bonds is 4. The molecule has 3 heterocycles. The molecule has 0 bridgehead atoms. The molecule has 0 radical (unpaired) electrons. The fourth-order valence-corrected chi connectivity index (χ4v) is 6.69. The largest absolute Gasteiger partial charge is 0.435 e. The fourth-order valence-electron chi connectivity index (χ4n) is 4.82. The zero-order valence-electron chi connectivity index (χ0n) is 18.5. The molecule has 2 aliphatic heterocycles. The van der Waals surface area contributed by atoms with Crippen molar-refractivity contribution in [3.8, 4) is 0 Å². The van der Waals surface area contributed by atoms with Gasteiger partial charge >= 0.3 is 6.18 Å². The lowest BCUT2D eigenvalue weighted by Gasteiger charge is -2.30. The summed E-state index contributed by atoms with van der Waals surface area (Å²) in [5.74, 6) is -0.665. The average Bonchev–Trinajstić information content (AvgIpc) is 3.54. The molecule has 1 aromatic heterocycles. The van der Waals surface area contributed by atoms with E-state index in [1.54, 1.807) is 0 Å². The van der Waals surface area contributed by atoms with Crippen LogP contribution in [0.4, 0.5) is 13.2 Å². The number of carbonyl (C=O) groups excluding carboxylic acids is 2. The monoisotopic (exact) mass is 579 g/mol. The molecule has 1 saturated heterocycles. The number of fused-ring (bicyclic) bond motifs is 1. The normalized spacial score (nSPS) is 23.7. The molecule has 1 aliphatic carbocycles. The van der Waals surface area contributed by atoms with Gasteiger partial charge in [-0.05, 0) is 55.4 Å². The summed E-state index contributed by atoms with van der Waals surface area (Å²) in [6.07, 6.45) is -2.09. The lowest BCUT2D eigenvalue weighted by atomic mass is 9.85. The Kier molecular flexibility index (Phi) is 6.68. The molecule has 2 N–H and O–H groups in total.